The van der Waals surface area contributed by atoms with E-state index in [4.69, 9.17) is 10.00 Å². The standard InChI is InChI=1S/C21H25N3O2/c1-15(2)16(3)23-21(25)24-20-7-5-4-6-18(20)14-26-19-10-8-17(9-11-19)12-13-22/h4-11,15-16H,12,14H2,1-3H3,(H2,23,24,25). The Morgan fingerprint density at radius 2 is 1.81 bits per heavy atom. The lowest BCUT2D eigenvalue weighted by atomic mass is 10.1. The first-order valence-corrected chi connectivity index (χ1v) is 8.73. The number of carbonyl (C=O) groups is 1. The number of nitriles is 1. The predicted octanol–water partition coefficient (Wildman–Crippen LogP) is 4.50. The van der Waals surface area contributed by atoms with Gasteiger partial charge in [-0.15, -0.1) is 0 Å². The van der Waals surface area contributed by atoms with E-state index in [-0.39, 0.29) is 12.1 Å². The first kappa shape index (κ1) is 19.3. The largest absolute Gasteiger partial charge is 0.489 e. The van der Waals surface area contributed by atoms with Crippen LogP contribution >= 0.6 is 0 Å². The van der Waals surface area contributed by atoms with Crippen molar-refractivity contribution in [3.05, 3.63) is 59.7 Å². The van der Waals surface area contributed by atoms with Crippen LogP contribution in [0.25, 0.3) is 0 Å². The molecule has 1 unspecified atom stereocenters. The van der Waals surface area contributed by atoms with Crippen molar-refractivity contribution in [2.75, 3.05) is 5.32 Å². The molecule has 0 heterocycles. The zero-order chi connectivity index (χ0) is 18.9. The summed E-state index contributed by atoms with van der Waals surface area (Å²) in [5.74, 6) is 1.09. The van der Waals surface area contributed by atoms with Crippen molar-refractivity contribution in [1.82, 2.24) is 5.32 Å². The van der Waals surface area contributed by atoms with Crippen molar-refractivity contribution in [3.8, 4) is 11.8 Å². The number of urea groups is 1. The van der Waals surface area contributed by atoms with Crippen LogP contribution in [0.4, 0.5) is 10.5 Å². The fourth-order valence-corrected chi connectivity index (χ4v) is 2.26. The number of benzene rings is 2. The first-order valence-electron chi connectivity index (χ1n) is 8.73. The molecule has 0 saturated carbocycles. The van der Waals surface area contributed by atoms with Crippen molar-refractivity contribution < 1.29 is 9.53 Å². The molecular formula is C21H25N3O2. The van der Waals surface area contributed by atoms with Crippen LogP contribution in [-0.2, 0) is 13.0 Å². The highest BCUT2D eigenvalue weighted by molar-refractivity contribution is 5.90. The second kappa shape index (κ2) is 9.47. The van der Waals surface area contributed by atoms with E-state index < -0.39 is 0 Å². The van der Waals surface area contributed by atoms with Gasteiger partial charge in [-0.1, -0.05) is 44.2 Å². The zero-order valence-electron chi connectivity index (χ0n) is 15.5. The highest BCUT2D eigenvalue weighted by Crippen LogP contribution is 2.19. The number of anilines is 1. The summed E-state index contributed by atoms with van der Waals surface area (Å²) < 4.78 is 5.81. The third-order valence-electron chi connectivity index (χ3n) is 4.23. The molecular weight excluding hydrogens is 326 g/mol. The average Bonchev–Trinajstić information content (AvgIpc) is 2.62. The van der Waals surface area contributed by atoms with Crippen molar-refractivity contribution in [1.29, 1.82) is 5.26 Å². The summed E-state index contributed by atoms with van der Waals surface area (Å²) in [7, 11) is 0. The van der Waals surface area contributed by atoms with Crippen LogP contribution in [0.2, 0.25) is 0 Å². The molecule has 0 bridgehead atoms. The molecule has 0 aliphatic heterocycles. The molecule has 2 aromatic carbocycles. The van der Waals surface area contributed by atoms with Gasteiger partial charge in [0.1, 0.15) is 12.4 Å². The summed E-state index contributed by atoms with van der Waals surface area (Å²) >= 11 is 0. The van der Waals surface area contributed by atoms with Gasteiger partial charge in [-0.25, -0.2) is 4.79 Å². The normalized spacial score (nSPS) is 11.5. The maximum Gasteiger partial charge on any atom is 0.319 e. The van der Waals surface area contributed by atoms with Gasteiger partial charge in [0.2, 0.25) is 0 Å². The Morgan fingerprint density at radius 3 is 2.46 bits per heavy atom. The topological polar surface area (TPSA) is 74.2 Å². The summed E-state index contributed by atoms with van der Waals surface area (Å²) in [6.45, 7) is 6.45. The Bertz CT molecular complexity index is 764. The fourth-order valence-electron chi connectivity index (χ4n) is 2.26. The molecule has 0 radical (unpaired) electrons. The Labute approximate surface area is 155 Å². The first-order chi connectivity index (χ1) is 12.5. The second-order valence-electron chi connectivity index (χ2n) is 6.56. The van der Waals surface area contributed by atoms with Crippen LogP contribution in [0.5, 0.6) is 5.75 Å². The Balaban J connectivity index is 1.98. The third-order valence-corrected chi connectivity index (χ3v) is 4.23. The lowest BCUT2D eigenvalue weighted by Crippen LogP contribution is -2.39. The molecule has 1 atom stereocenters. The molecule has 2 rings (SSSR count). The number of nitrogens with zero attached hydrogens (tertiary/aromatic N) is 1. The van der Waals surface area contributed by atoms with Gasteiger partial charge in [0.15, 0.2) is 0 Å². The van der Waals surface area contributed by atoms with Crippen LogP contribution in [0, 0.1) is 17.2 Å². The van der Waals surface area contributed by atoms with Gasteiger partial charge in [-0.05, 0) is 36.6 Å². The van der Waals surface area contributed by atoms with Crippen LogP contribution < -0.4 is 15.4 Å². The monoisotopic (exact) mass is 351 g/mol. The van der Waals surface area contributed by atoms with E-state index >= 15 is 0 Å². The van der Waals surface area contributed by atoms with E-state index in [1.807, 2.05) is 55.5 Å². The molecule has 2 amide bonds. The number of para-hydroxylation sites is 1. The van der Waals surface area contributed by atoms with Crippen LogP contribution in [0.15, 0.2) is 48.5 Å². The van der Waals surface area contributed by atoms with Gasteiger partial charge in [0.05, 0.1) is 12.5 Å². The van der Waals surface area contributed by atoms with E-state index in [1.165, 1.54) is 0 Å². The number of rotatable bonds is 7. The number of hydrogen-bond acceptors (Lipinski definition) is 3. The minimum absolute atomic E-state index is 0.0883. The molecule has 0 aliphatic carbocycles. The minimum atomic E-state index is -0.223. The Hall–Kier alpha value is -3.00. The van der Waals surface area contributed by atoms with Gasteiger partial charge < -0.3 is 15.4 Å². The lowest BCUT2D eigenvalue weighted by molar-refractivity contribution is 0.246. The van der Waals surface area contributed by atoms with Crippen molar-refractivity contribution in [3.63, 3.8) is 0 Å². The minimum Gasteiger partial charge on any atom is -0.489 e. The molecule has 26 heavy (non-hydrogen) atoms. The smallest absolute Gasteiger partial charge is 0.319 e. The van der Waals surface area contributed by atoms with Crippen LogP contribution in [0.3, 0.4) is 0 Å². The molecule has 0 saturated heterocycles. The molecule has 2 aromatic rings. The molecule has 136 valence electrons. The van der Waals surface area contributed by atoms with Crippen molar-refractivity contribution in [2.45, 2.75) is 39.8 Å². The molecule has 0 aromatic heterocycles. The van der Waals surface area contributed by atoms with Gasteiger partial charge in [-0.3, -0.25) is 0 Å². The van der Waals surface area contributed by atoms with Crippen LogP contribution in [0.1, 0.15) is 31.9 Å². The van der Waals surface area contributed by atoms with E-state index in [9.17, 15) is 4.79 Å². The highest BCUT2D eigenvalue weighted by atomic mass is 16.5. The quantitative estimate of drug-likeness (QED) is 0.771. The number of carbonyl (C=O) groups excluding carboxylic acids is 1. The van der Waals surface area contributed by atoms with E-state index in [1.54, 1.807) is 0 Å². The summed E-state index contributed by atoms with van der Waals surface area (Å²) in [6.07, 6.45) is 0.386. The molecule has 0 aliphatic rings. The van der Waals surface area contributed by atoms with Crippen molar-refractivity contribution >= 4 is 11.7 Å². The number of nitrogens with one attached hydrogen (secondary N) is 2. The molecule has 5 nitrogen and oxygen atoms in total. The second-order valence-corrected chi connectivity index (χ2v) is 6.56. The summed E-state index contributed by atoms with van der Waals surface area (Å²) in [5.41, 5.74) is 2.57. The summed E-state index contributed by atoms with van der Waals surface area (Å²) in [4.78, 5) is 12.2. The molecule has 5 heteroatoms. The maximum absolute atomic E-state index is 12.2. The third kappa shape index (κ3) is 5.82. The predicted molar refractivity (Wildman–Crippen MR) is 103 cm³/mol. The van der Waals surface area contributed by atoms with Gasteiger partial charge in [-0.2, -0.15) is 5.26 Å². The Kier molecular flexibility index (Phi) is 7.04. The SMILES string of the molecule is CC(C)C(C)NC(=O)Nc1ccccc1COc1ccc(CC#N)cc1. The number of ether oxygens (including phenoxy) is 1. The molecule has 2 N–H and O–H groups in total. The Morgan fingerprint density at radius 1 is 1.12 bits per heavy atom. The fraction of sp³-hybridized carbons (Fsp3) is 0.333. The average molecular weight is 351 g/mol. The van der Waals surface area contributed by atoms with Gasteiger partial charge >= 0.3 is 6.03 Å². The molecule has 0 fully saturated rings. The maximum atomic E-state index is 12.2. The van der Waals surface area contributed by atoms with Crippen LogP contribution in [-0.4, -0.2) is 12.1 Å². The number of hydrogen-bond donors (Lipinski definition) is 2. The zero-order valence-corrected chi connectivity index (χ0v) is 15.5. The summed E-state index contributed by atoms with van der Waals surface area (Å²) in [6, 6.07) is 17.0. The van der Waals surface area contributed by atoms with Gasteiger partial charge in [0, 0.05) is 17.3 Å². The van der Waals surface area contributed by atoms with Crippen molar-refractivity contribution in [2.24, 2.45) is 5.92 Å². The lowest BCUT2D eigenvalue weighted by Gasteiger charge is -2.19. The summed E-state index contributed by atoms with van der Waals surface area (Å²) in [5, 5.41) is 14.5. The number of amides is 2. The highest BCUT2D eigenvalue weighted by Gasteiger charge is 2.12. The van der Waals surface area contributed by atoms with E-state index in [0.29, 0.717) is 18.9 Å². The van der Waals surface area contributed by atoms with E-state index in [0.717, 1.165) is 22.6 Å². The van der Waals surface area contributed by atoms with E-state index in [2.05, 4.69) is 30.6 Å². The van der Waals surface area contributed by atoms with Gasteiger partial charge in [0.25, 0.3) is 0 Å². The molecule has 0 spiro atoms.